The first-order valence-corrected chi connectivity index (χ1v) is 14.7. The summed E-state index contributed by atoms with van der Waals surface area (Å²) in [5.74, 6) is -1.82. The molecule has 43 heavy (non-hydrogen) atoms. The fourth-order valence-electron chi connectivity index (χ4n) is 4.92. The summed E-state index contributed by atoms with van der Waals surface area (Å²) in [4.78, 5) is 37.9. The summed E-state index contributed by atoms with van der Waals surface area (Å²) in [6.07, 6.45) is -0.779. The van der Waals surface area contributed by atoms with Gasteiger partial charge in [-0.3, -0.25) is 9.59 Å². The monoisotopic (exact) mass is 617 g/mol. The minimum Gasteiger partial charge on any atom is -0.744 e. The van der Waals surface area contributed by atoms with Crippen LogP contribution in [-0.2, 0) is 31.1 Å². The summed E-state index contributed by atoms with van der Waals surface area (Å²) in [5, 5.41) is 16.9. The van der Waals surface area contributed by atoms with E-state index in [4.69, 9.17) is 4.74 Å². The van der Waals surface area contributed by atoms with E-state index in [1.54, 1.807) is 13.8 Å². The first kappa shape index (κ1) is 34.2. The Morgan fingerprint density at radius 1 is 0.907 bits per heavy atom. The predicted octanol–water partition coefficient (Wildman–Crippen LogP) is 0.0935. The van der Waals surface area contributed by atoms with Crippen molar-refractivity contribution in [2.24, 2.45) is 5.92 Å². The largest absolute Gasteiger partial charge is 1.00 e. The third-order valence-corrected chi connectivity index (χ3v) is 8.01. The molecule has 0 heterocycles. The molecule has 0 aliphatic heterocycles. The molecule has 13 heteroatoms. The van der Waals surface area contributed by atoms with Crippen LogP contribution in [0.4, 0.5) is 10.5 Å². The number of benzene rings is 3. The van der Waals surface area contributed by atoms with Gasteiger partial charge in [-0.1, -0.05) is 68.4 Å². The summed E-state index contributed by atoms with van der Waals surface area (Å²) in [7, 11) is -4.90. The van der Waals surface area contributed by atoms with E-state index in [9.17, 15) is 32.5 Å². The van der Waals surface area contributed by atoms with Crippen molar-refractivity contribution in [3.05, 3.63) is 83.4 Å². The number of carbonyl (C=O) groups excluding carboxylic acids is 3. The Kier molecular flexibility index (Phi) is 11.5. The van der Waals surface area contributed by atoms with E-state index in [-0.39, 0.29) is 59.3 Å². The van der Waals surface area contributed by atoms with Crippen LogP contribution < -0.4 is 45.5 Å². The number of amides is 3. The predicted molar refractivity (Wildman–Crippen MR) is 153 cm³/mol. The van der Waals surface area contributed by atoms with E-state index in [1.165, 1.54) is 19.1 Å². The zero-order valence-corrected chi connectivity index (χ0v) is 27.1. The Morgan fingerprint density at radius 3 is 2.02 bits per heavy atom. The molecular formula is C30H32N3NaO8S. The molecule has 0 aromatic heterocycles. The second kappa shape index (κ2) is 14.5. The number of ether oxygens (including phenoxy) is 1. The van der Waals surface area contributed by atoms with Crippen molar-refractivity contribution in [2.45, 2.75) is 50.3 Å². The van der Waals surface area contributed by atoms with Crippen LogP contribution in [0.25, 0.3) is 11.1 Å². The number of hydrogen-bond acceptors (Lipinski definition) is 8. The SMILES string of the molecule is CC(C)[C@H](NC(=O)OCC1c2ccccc2-c2ccccc21)C(=O)N[C@@H](C)C(=O)Nc1ccc(CO)c(S(=O)(=O)[O-])c1.[Na+]. The maximum Gasteiger partial charge on any atom is 1.00 e. The van der Waals surface area contributed by atoms with Crippen LogP contribution in [0.1, 0.15) is 43.4 Å². The van der Waals surface area contributed by atoms with Crippen molar-refractivity contribution >= 4 is 33.7 Å². The number of anilines is 1. The summed E-state index contributed by atoms with van der Waals surface area (Å²) in [6.45, 7) is 4.26. The molecule has 0 unspecified atom stereocenters. The molecule has 2 atom stereocenters. The van der Waals surface area contributed by atoms with Gasteiger partial charge < -0.3 is 30.3 Å². The van der Waals surface area contributed by atoms with Crippen molar-refractivity contribution in [1.82, 2.24) is 10.6 Å². The van der Waals surface area contributed by atoms with E-state index in [2.05, 4.69) is 16.0 Å². The number of aliphatic hydroxyl groups is 1. The molecular weight excluding hydrogens is 585 g/mol. The van der Waals surface area contributed by atoms with Crippen LogP contribution >= 0.6 is 0 Å². The number of alkyl carbamates (subject to hydrolysis) is 1. The van der Waals surface area contributed by atoms with Crippen LogP contribution in [0.5, 0.6) is 0 Å². The first-order valence-electron chi connectivity index (χ1n) is 13.3. The number of fused-ring (bicyclic) bond motifs is 3. The fraction of sp³-hybridized carbons (Fsp3) is 0.300. The van der Waals surface area contributed by atoms with E-state index in [0.29, 0.717) is 0 Å². The van der Waals surface area contributed by atoms with Crippen molar-refractivity contribution < 1.29 is 66.8 Å². The van der Waals surface area contributed by atoms with Crippen LogP contribution in [0.15, 0.2) is 71.6 Å². The Bertz CT molecular complexity index is 1570. The maximum atomic E-state index is 13.0. The van der Waals surface area contributed by atoms with Crippen LogP contribution in [0, 0.1) is 5.92 Å². The molecule has 0 bridgehead atoms. The third kappa shape index (κ3) is 8.02. The summed E-state index contributed by atoms with van der Waals surface area (Å²) >= 11 is 0. The number of aliphatic hydroxyl groups excluding tert-OH is 1. The van der Waals surface area contributed by atoms with Gasteiger partial charge in [0.1, 0.15) is 28.8 Å². The molecule has 0 fully saturated rings. The van der Waals surface area contributed by atoms with Crippen molar-refractivity contribution in [3.8, 4) is 11.1 Å². The molecule has 0 saturated carbocycles. The second-order valence-electron chi connectivity index (χ2n) is 10.3. The Labute approximate surface area is 272 Å². The van der Waals surface area contributed by atoms with E-state index in [1.807, 2.05) is 48.5 Å². The van der Waals surface area contributed by atoms with Gasteiger partial charge in [-0.2, -0.15) is 0 Å². The van der Waals surface area contributed by atoms with Gasteiger partial charge in [0.05, 0.1) is 11.5 Å². The normalized spacial score (nSPS) is 13.6. The van der Waals surface area contributed by atoms with Gasteiger partial charge in [0.25, 0.3) is 0 Å². The first-order chi connectivity index (χ1) is 19.9. The van der Waals surface area contributed by atoms with Crippen molar-refractivity contribution in [1.29, 1.82) is 0 Å². The molecule has 3 aromatic carbocycles. The maximum absolute atomic E-state index is 13.0. The van der Waals surface area contributed by atoms with Gasteiger partial charge in [-0.25, -0.2) is 13.2 Å². The third-order valence-electron chi connectivity index (χ3n) is 7.09. The average Bonchev–Trinajstić information content (AvgIpc) is 3.27. The Hall–Kier alpha value is -3.26. The molecule has 3 aromatic rings. The second-order valence-corrected chi connectivity index (χ2v) is 11.7. The smallest absolute Gasteiger partial charge is 0.744 e. The summed E-state index contributed by atoms with van der Waals surface area (Å²) in [5.41, 5.74) is 4.16. The molecule has 3 amide bonds. The number of rotatable bonds is 10. The van der Waals surface area contributed by atoms with E-state index >= 15 is 0 Å². The topological polar surface area (TPSA) is 174 Å². The molecule has 222 valence electrons. The zero-order valence-electron chi connectivity index (χ0n) is 24.3. The van der Waals surface area contributed by atoms with E-state index in [0.717, 1.165) is 28.3 Å². The van der Waals surface area contributed by atoms with Crippen molar-refractivity contribution in [2.75, 3.05) is 11.9 Å². The minimum atomic E-state index is -4.90. The standard InChI is InChI=1S/C30H33N3O8S.Na/c1-17(2)27(29(36)31-18(3)28(35)32-20-13-12-19(15-34)26(14-20)42(38,39)40)33-30(37)41-16-25-23-10-6-4-8-21(23)22-9-5-7-11-24(22)25;/h4-14,17-18,25,27,34H,15-16H2,1-3H3,(H,31,36)(H,32,35)(H,33,37)(H,38,39,40);/q;+1/p-1/t18-,27-;/m0./s1. The summed E-state index contributed by atoms with van der Waals surface area (Å²) in [6, 6.07) is 17.2. The quantitative estimate of drug-likeness (QED) is 0.183. The molecule has 4 N–H and O–H groups in total. The van der Waals surface area contributed by atoms with Gasteiger partial charge in [0.15, 0.2) is 0 Å². The Balaban J connectivity index is 0.00000506. The number of carbonyl (C=O) groups is 3. The van der Waals surface area contributed by atoms with Crippen LogP contribution in [0.2, 0.25) is 0 Å². The molecule has 1 aliphatic rings. The van der Waals surface area contributed by atoms with Gasteiger partial charge in [-0.05, 0) is 52.8 Å². The van der Waals surface area contributed by atoms with Gasteiger partial charge in [-0.15, -0.1) is 0 Å². The van der Waals surface area contributed by atoms with Crippen molar-refractivity contribution in [3.63, 3.8) is 0 Å². The van der Waals surface area contributed by atoms with Gasteiger partial charge in [0, 0.05) is 11.6 Å². The van der Waals surface area contributed by atoms with Crippen LogP contribution in [-0.4, -0.2) is 54.7 Å². The van der Waals surface area contributed by atoms with Gasteiger partial charge in [0.2, 0.25) is 11.8 Å². The minimum absolute atomic E-state index is 0. The number of nitrogens with one attached hydrogen (secondary N) is 3. The molecule has 0 spiro atoms. The van der Waals surface area contributed by atoms with Gasteiger partial charge >= 0.3 is 35.7 Å². The molecule has 4 rings (SSSR count). The number of hydrogen-bond donors (Lipinski definition) is 4. The molecule has 0 radical (unpaired) electrons. The fourth-order valence-corrected chi connectivity index (χ4v) is 5.64. The zero-order chi connectivity index (χ0) is 30.6. The molecule has 0 saturated heterocycles. The van der Waals surface area contributed by atoms with Crippen LogP contribution in [0.3, 0.4) is 0 Å². The molecule has 1 aliphatic carbocycles. The summed E-state index contributed by atoms with van der Waals surface area (Å²) < 4.78 is 40.1. The average molecular weight is 618 g/mol. The molecule has 11 nitrogen and oxygen atoms in total. The Morgan fingerprint density at radius 2 is 1.49 bits per heavy atom. The van der Waals surface area contributed by atoms with E-state index < -0.39 is 51.6 Å².